The molecule has 0 radical (unpaired) electrons. The number of amides is 1. The van der Waals surface area contributed by atoms with Crippen LogP contribution in [0.25, 0.3) is 5.69 Å². The summed E-state index contributed by atoms with van der Waals surface area (Å²) in [6, 6.07) is 9.77. The summed E-state index contributed by atoms with van der Waals surface area (Å²) in [6.07, 6.45) is -0.919. The van der Waals surface area contributed by atoms with Crippen LogP contribution in [0.1, 0.15) is 18.3 Å². The molecule has 0 fully saturated rings. The molecule has 6 nitrogen and oxygen atoms in total. The molecule has 1 heterocycles. The van der Waals surface area contributed by atoms with Crippen LogP contribution in [0.3, 0.4) is 0 Å². The number of nitrogens with two attached hydrogens (primary N) is 1. The van der Waals surface area contributed by atoms with Crippen LogP contribution in [0.4, 0.5) is 0 Å². The van der Waals surface area contributed by atoms with Crippen molar-refractivity contribution in [3.63, 3.8) is 0 Å². The molecule has 1 aromatic heterocycles. The standard InChI is InChI=1S/C16H19N3O3S/c1-10-15(23-9-14(20)22-12(3)16(17)21)11(2)19(18-10)13-7-5-4-6-8-13/h4-8,12H,9H2,1-3H3,(H2,17,21)/t12-/m1/s1. The molecular formula is C16H19N3O3S. The van der Waals surface area contributed by atoms with E-state index in [1.165, 1.54) is 18.7 Å². The van der Waals surface area contributed by atoms with Gasteiger partial charge in [0.15, 0.2) is 6.10 Å². The van der Waals surface area contributed by atoms with Crippen molar-refractivity contribution in [3.8, 4) is 5.69 Å². The quantitative estimate of drug-likeness (QED) is 0.645. The lowest BCUT2D eigenvalue weighted by molar-refractivity contribution is -0.151. The predicted octanol–water partition coefficient (Wildman–Crippen LogP) is 2.00. The fourth-order valence-corrected chi connectivity index (χ4v) is 2.95. The van der Waals surface area contributed by atoms with Crippen LogP contribution >= 0.6 is 11.8 Å². The largest absolute Gasteiger partial charge is 0.452 e. The number of thioether (sulfide) groups is 1. The van der Waals surface area contributed by atoms with E-state index in [9.17, 15) is 9.59 Å². The van der Waals surface area contributed by atoms with Crippen molar-refractivity contribution in [1.29, 1.82) is 0 Å². The van der Waals surface area contributed by atoms with E-state index in [4.69, 9.17) is 10.5 Å². The maximum Gasteiger partial charge on any atom is 0.317 e. The van der Waals surface area contributed by atoms with Gasteiger partial charge in [-0.25, -0.2) is 4.68 Å². The van der Waals surface area contributed by atoms with E-state index in [1.807, 2.05) is 48.9 Å². The number of aromatic nitrogens is 2. The van der Waals surface area contributed by atoms with Crippen molar-refractivity contribution in [2.45, 2.75) is 31.8 Å². The van der Waals surface area contributed by atoms with Gasteiger partial charge in [0.2, 0.25) is 0 Å². The SMILES string of the molecule is Cc1nn(-c2ccccc2)c(C)c1SCC(=O)O[C@H](C)C(N)=O. The van der Waals surface area contributed by atoms with E-state index in [0.29, 0.717) is 0 Å². The zero-order valence-electron chi connectivity index (χ0n) is 13.3. The Balaban J connectivity index is 2.08. The van der Waals surface area contributed by atoms with Gasteiger partial charge in [0.1, 0.15) is 0 Å². The fraction of sp³-hybridized carbons (Fsp3) is 0.312. The number of carbonyl (C=O) groups is 2. The Labute approximate surface area is 139 Å². The van der Waals surface area contributed by atoms with E-state index in [0.717, 1.165) is 22.0 Å². The lowest BCUT2D eigenvalue weighted by Gasteiger charge is -2.09. The number of nitrogens with zero attached hydrogens (tertiary/aromatic N) is 2. The first-order valence-corrected chi connectivity index (χ1v) is 8.12. The first-order chi connectivity index (χ1) is 10.9. The van der Waals surface area contributed by atoms with E-state index in [-0.39, 0.29) is 5.75 Å². The zero-order chi connectivity index (χ0) is 17.0. The zero-order valence-corrected chi connectivity index (χ0v) is 14.1. The Hall–Kier alpha value is -2.28. The summed E-state index contributed by atoms with van der Waals surface area (Å²) in [5, 5.41) is 4.52. The summed E-state index contributed by atoms with van der Waals surface area (Å²) in [6.45, 7) is 5.30. The number of aryl methyl sites for hydroxylation is 1. The highest BCUT2D eigenvalue weighted by molar-refractivity contribution is 8.00. The summed E-state index contributed by atoms with van der Waals surface area (Å²) < 4.78 is 6.79. The van der Waals surface area contributed by atoms with Crippen molar-refractivity contribution in [3.05, 3.63) is 41.7 Å². The van der Waals surface area contributed by atoms with Gasteiger partial charge >= 0.3 is 5.97 Å². The minimum absolute atomic E-state index is 0.0970. The summed E-state index contributed by atoms with van der Waals surface area (Å²) in [5.41, 5.74) is 7.83. The average molecular weight is 333 g/mol. The molecule has 0 aliphatic heterocycles. The number of benzene rings is 1. The Morgan fingerprint density at radius 2 is 1.96 bits per heavy atom. The second kappa shape index (κ2) is 7.32. The van der Waals surface area contributed by atoms with Crippen LogP contribution in [0.15, 0.2) is 35.2 Å². The lowest BCUT2D eigenvalue weighted by Crippen LogP contribution is -2.31. The minimum atomic E-state index is -0.919. The van der Waals surface area contributed by atoms with Crippen LogP contribution in [-0.2, 0) is 14.3 Å². The maximum absolute atomic E-state index is 11.8. The summed E-state index contributed by atoms with van der Waals surface area (Å²) in [7, 11) is 0. The number of rotatable bonds is 6. The third kappa shape index (κ3) is 4.13. The first-order valence-electron chi connectivity index (χ1n) is 7.13. The predicted molar refractivity (Wildman–Crippen MR) is 88.5 cm³/mol. The topological polar surface area (TPSA) is 87.2 Å². The van der Waals surface area contributed by atoms with Gasteiger partial charge in [-0.1, -0.05) is 18.2 Å². The molecular weight excluding hydrogens is 314 g/mol. The summed E-state index contributed by atoms with van der Waals surface area (Å²) >= 11 is 1.34. The number of esters is 1. The monoisotopic (exact) mass is 333 g/mol. The van der Waals surface area contributed by atoms with Crippen molar-refractivity contribution < 1.29 is 14.3 Å². The van der Waals surface area contributed by atoms with Gasteiger partial charge in [0.05, 0.1) is 27.7 Å². The first kappa shape index (κ1) is 17.1. The van der Waals surface area contributed by atoms with Gasteiger partial charge in [-0.15, -0.1) is 11.8 Å². The Kier molecular flexibility index (Phi) is 5.44. The second-order valence-corrected chi connectivity index (χ2v) is 6.06. The third-order valence-corrected chi connectivity index (χ3v) is 4.53. The minimum Gasteiger partial charge on any atom is -0.452 e. The Morgan fingerprint density at radius 1 is 1.30 bits per heavy atom. The van der Waals surface area contributed by atoms with E-state index >= 15 is 0 Å². The van der Waals surface area contributed by atoms with Crippen molar-refractivity contribution in [1.82, 2.24) is 9.78 Å². The lowest BCUT2D eigenvalue weighted by atomic mass is 10.3. The smallest absolute Gasteiger partial charge is 0.317 e. The van der Waals surface area contributed by atoms with Crippen molar-refractivity contribution in [2.24, 2.45) is 5.73 Å². The molecule has 1 atom stereocenters. The summed E-state index contributed by atoms with van der Waals surface area (Å²) in [5.74, 6) is -1.04. The summed E-state index contributed by atoms with van der Waals surface area (Å²) in [4.78, 5) is 23.6. The van der Waals surface area contributed by atoms with Gasteiger partial charge in [0.25, 0.3) is 5.91 Å². The highest BCUT2D eigenvalue weighted by Gasteiger charge is 2.18. The number of carbonyl (C=O) groups excluding carboxylic acids is 2. The molecule has 2 aromatic rings. The number of hydrogen-bond acceptors (Lipinski definition) is 5. The maximum atomic E-state index is 11.8. The molecule has 7 heteroatoms. The number of primary amides is 1. The highest BCUT2D eigenvalue weighted by atomic mass is 32.2. The number of para-hydroxylation sites is 1. The van der Waals surface area contributed by atoms with Gasteiger partial charge in [-0.05, 0) is 32.9 Å². The van der Waals surface area contributed by atoms with E-state index < -0.39 is 18.0 Å². The molecule has 0 saturated heterocycles. The van der Waals surface area contributed by atoms with Gasteiger partial charge in [-0.3, -0.25) is 9.59 Å². The van der Waals surface area contributed by atoms with Crippen LogP contribution in [0.5, 0.6) is 0 Å². The average Bonchev–Trinajstić information content (AvgIpc) is 2.80. The molecule has 0 aliphatic rings. The van der Waals surface area contributed by atoms with Crippen LogP contribution < -0.4 is 5.73 Å². The molecule has 23 heavy (non-hydrogen) atoms. The van der Waals surface area contributed by atoms with Gasteiger partial charge in [-0.2, -0.15) is 5.10 Å². The fourth-order valence-electron chi connectivity index (χ4n) is 2.08. The molecule has 0 aliphatic carbocycles. The Bertz CT molecular complexity index is 713. The van der Waals surface area contributed by atoms with Crippen LogP contribution in [0.2, 0.25) is 0 Å². The normalized spacial score (nSPS) is 12.0. The van der Waals surface area contributed by atoms with Gasteiger partial charge in [0, 0.05) is 0 Å². The van der Waals surface area contributed by atoms with Crippen LogP contribution in [-0.4, -0.2) is 33.5 Å². The molecule has 0 bridgehead atoms. The molecule has 1 aromatic carbocycles. The molecule has 1 amide bonds. The van der Waals surface area contributed by atoms with E-state index in [2.05, 4.69) is 5.10 Å². The molecule has 0 spiro atoms. The molecule has 0 saturated carbocycles. The van der Waals surface area contributed by atoms with Crippen molar-refractivity contribution >= 4 is 23.6 Å². The van der Waals surface area contributed by atoms with Crippen LogP contribution in [0, 0.1) is 13.8 Å². The van der Waals surface area contributed by atoms with Crippen molar-refractivity contribution in [2.75, 3.05) is 5.75 Å². The molecule has 2 rings (SSSR count). The number of ether oxygens (including phenoxy) is 1. The third-order valence-electron chi connectivity index (χ3n) is 3.27. The number of hydrogen-bond donors (Lipinski definition) is 1. The Morgan fingerprint density at radius 3 is 2.57 bits per heavy atom. The van der Waals surface area contributed by atoms with Gasteiger partial charge < -0.3 is 10.5 Å². The molecule has 0 unspecified atom stereocenters. The molecule has 122 valence electrons. The highest BCUT2D eigenvalue weighted by Crippen LogP contribution is 2.28. The molecule has 2 N–H and O–H groups in total. The second-order valence-electron chi connectivity index (χ2n) is 5.07. The van der Waals surface area contributed by atoms with E-state index in [1.54, 1.807) is 0 Å².